The van der Waals surface area contributed by atoms with Crippen molar-refractivity contribution in [3.05, 3.63) is 112 Å². The molecule has 0 radical (unpaired) electrons. The first-order chi connectivity index (χ1) is 15.2. The third-order valence-corrected chi connectivity index (χ3v) is 5.75. The van der Waals surface area contributed by atoms with Crippen molar-refractivity contribution < 1.29 is 9.59 Å². The first-order valence-corrected chi connectivity index (χ1v) is 10.9. The van der Waals surface area contributed by atoms with E-state index in [-0.39, 0.29) is 11.8 Å². The molecule has 154 valence electrons. The van der Waals surface area contributed by atoms with E-state index in [4.69, 9.17) is 0 Å². The quantitative estimate of drug-likeness (QED) is 0.408. The van der Waals surface area contributed by atoms with Crippen molar-refractivity contribution in [3.63, 3.8) is 0 Å². The highest BCUT2D eigenvalue weighted by molar-refractivity contribution is 7.09. The molecule has 0 fully saturated rings. The van der Waals surface area contributed by atoms with E-state index in [2.05, 4.69) is 10.6 Å². The van der Waals surface area contributed by atoms with E-state index in [1.165, 1.54) is 0 Å². The summed E-state index contributed by atoms with van der Waals surface area (Å²) in [6.07, 6.45) is 0.306. The standard InChI is InChI=1S/C26H22N2O2S/c29-25(27-18-24-7-4-16-31-24)17-19-8-14-23(15-9-19)28-26(30)22-12-10-21(11-13-22)20-5-2-1-3-6-20/h1-16H,17-18H2,(H,27,29)(H,28,30). The summed E-state index contributed by atoms with van der Waals surface area (Å²) >= 11 is 1.62. The van der Waals surface area contributed by atoms with Gasteiger partial charge in [-0.1, -0.05) is 60.7 Å². The lowest BCUT2D eigenvalue weighted by Crippen LogP contribution is -2.24. The number of amides is 2. The molecule has 2 N–H and O–H groups in total. The molecular formula is C26H22N2O2S. The van der Waals surface area contributed by atoms with Gasteiger partial charge in [-0.25, -0.2) is 0 Å². The van der Waals surface area contributed by atoms with Crippen LogP contribution in [-0.2, 0) is 17.8 Å². The summed E-state index contributed by atoms with van der Waals surface area (Å²) < 4.78 is 0. The van der Waals surface area contributed by atoms with Crippen LogP contribution in [0.5, 0.6) is 0 Å². The SMILES string of the molecule is O=C(Cc1ccc(NC(=O)c2ccc(-c3ccccc3)cc2)cc1)NCc1cccs1. The zero-order valence-corrected chi connectivity index (χ0v) is 17.7. The van der Waals surface area contributed by atoms with Crippen molar-refractivity contribution in [1.29, 1.82) is 0 Å². The molecule has 3 aromatic carbocycles. The van der Waals surface area contributed by atoms with Crippen LogP contribution in [0.15, 0.2) is 96.4 Å². The molecule has 0 unspecified atom stereocenters. The first-order valence-electron chi connectivity index (χ1n) is 10.0. The number of carbonyl (C=O) groups excluding carboxylic acids is 2. The molecule has 0 bridgehead atoms. The van der Waals surface area contributed by atoms with Gasteiger partial charge in [0.1, 0.15) is 0 Å². The molecule has 4 nitrogen and oxygen atoms in total. The lowest BCUT2D eigenvalue weighted by molar-refractivity contribution is -0.120. The summed E-state index contributed by atoms with van der Waals surface area (Å²) in [4.78, 5) is 25.8. The Balaban J connectivity index is 1.31. The van der Waals surface area contributed by atoms with Crippen LogP contribution >= 0.6 is 11.3 Å². The van der Waals surface area contributed by atoms with Gasteiger partial charge < -0.3 is 10.6 Å². The van der Waals surface area contributed by atoms with Crippen molar-refractivity contribution in [2.45, 2.75) is 13.0 Å². The predicted octanol–water partition coefficient (Wildman–Crippen LogP) is 5.53. The summed E-state index contributed by atoms with van der Waals surface area (Å²) in [5, 5.41) is 7.82. The third kappa shape index (κ3) is 5.68. The molecular weight excluding hydrogens is 404 g/mol. The molecule has 1 aromatic heterocycles. The fourth-order valence-electron chi connectivity index (χ4n) is 3.20. The summed E-state index contributed by atoms with van der Waals surface area (Å²) in [5.41, 5.74) is 4.37. The highest BCUT2D eigenvalue weighted by Gasteiger charge is 2.08. The number of benzene rings is 3. The van der Waals surface area contributed by atoms with Gasteiger partial charge in [-0.15, -0.1) is 11.3 Å². The van der Waals surface area contributed by atoms with E-state index in [1.54, 1.807) is 11.3 Å². The topological polar surface area (TPSA) is 58.2 Å². The van der Waals surface area contributed by atoms with E-state index in [9.17, 15) is 9.59 Å². The highest BCUT2D eigenvalue weighted by atomic mass is 32.1. The molecule has 1 heterocycles. The normalized spacial score (nSPS) is 10.5. The van der Waals surface area contributed by atoms with Gasteiger partial charge in [0.25, 0.3) is 5.91 Å². The van der Waals surface area contributed by atoms with Crippen LogP contribution in [-0.4, -0.2) is 11.8 Å². The smallest absolute Gasteiger partial charge is 0.255 e. The van der Waals surface area contributed by atoms with E-state index < -0.39 is 0 Å². The van der Waals surface area contributed by atoms with Crippen LogP contribution < -0.4 is 10.6 Å². The second kappa shape index (κ2) is 9.87. The minimum atomic E-state index is -0.166. The molecule has 0 aliphatic rings. The van der Waals surface area contributed by atoms with Crippen molar-refractivity contribution >= 4 is 28.8 Å². The number of hydrogen-bond acceptors (Lipinski definition) is 3. The predicted molar refractivity (Wildman–Crippen MR) is 126 cm³/mol. The summed E-state index contributed by atoms with van der Waals surface area (Å²) in [6.45, 7) is 0.549. The lowest BCUT2D eigenvalue weighted by Gasteiger charge is -2.08. The lowest BCUT2D eigenvalue weighted by atomic mass is 10.0. The Morgan fingerprint density at radius 1 is 0.742 bits per heavy atom. The molecule has 0 atom stereocenters. The Morgan fingerprint density at radius 2 is 1.45 bits per heavy atom. The van der Waals surface area contributed by atoms with Gasteiger partial charge in [0.2, 0.25) is 5.91 Å². The minimum absolute atomic E-state index is 0.0244. The zero-order valence-electron chi connectivity index (χ0n) is 16.9. The van der Waals surface area contributed by atoms with Crippen LogP contribution in [0.3, 0.4) is 0 Å². The van der Waals surface area contributed by atoms with Gasteiger partial charge in [0.15, 0.2) is 0 Å². The monoisotopic (exact) mass is 426 g/mol. The Morgan fingerprint density at radius 3 is 2.13 bits per heavy atom. The maximum Gasteiger partial charge on any atom is 0.255 e. The summed E-state index contributed by atoms with van der Waals surface area (Å²) in [7, 11) is 0. The fourth-order valence-corrected chi connectivity index (χ4v) is 3.85. The number of anilines is 1. The summed E-state index contributed by atoms with van der Waals surface area (Å²) in [6, 6.07) is 28.9. The third-order valence-electron chi connectivity index (χ3n) is 4.87. The van der Waals surface area contributed by atoms with Crippen LogP contribution in [0.4, 0.5) is 5.69 Å². The molecule has 4 rings (SSSR count). The van der Waals surface area contributed by atoms with E-state index in [0.717, 1.165) is 21.6 Å². The maximum absolute atomic E-state index is 12.5. The maximum atomic E-state index is 12.5. The van der Waals surface area contributed by atoms with Gasteiger partial charge in [-0.3, -0.25) is 9.59 Å². The Bertz CT molecular complexity index is 1140. The van der Waals surface area contributed by atoms with Crippen LogP contribution in [0.1, 0.15) is 20.8 Å². The van der Waals surface area contributed by atoms with Crippen molar-refractivity contribution in [3.8, 4) is 11.1 Å². The molecule has 0 aliphatic heterocycles. The molecule has 4 aromatic rings. The van der Waals surface area contributed by atoms with Crippen molar-refractivity contribution in [2.24, 2.45) is 0 Å². The number of carbonyl (C=O) groups is 2. The zero-order chi connectivity index (χ0) is 21.5. The number of nitrogens with one attached hydrogen (secondary N) is 2. The van der Waals surface area contributed by atoms with Crippen LogP contribution in [0.25, 0.3) is 11.1 Å². The van der Waals surface area contributed by atoms with Crippen molar-refractivity contribution in [1.82, 2.24) is 5.32 Å². The fraction of sp³-hybridized carbons (Fsp3) is 0.0769. The molecule has 31 heavy (non-hydrogen) atoms. The first kappa shape index (κ1) is 20.6. The second-order valence-electron chi connectivity index (χ2n) is 7.13. The molecule has 5 heteroatoms. The van der Waals surface area contributed by atoms with Gasteiger partial charge in [-0.2, -0.15) is 0 Å². The Kier molecular flexibility index (Phi) is 6.55. The second-order valence-corrected chi connectivity index (χ2v) is 8.16. The van der Waals surface area contributed by atoms with Gasteiger partial charge in [0, 0.05) is 16.1 Å². The average Bonchev–Trinajstić information content (AvgIpc) is 3.33. The molecule has 0 spiro atoms. The Labute approximate surface area is 185 Å². The van der Waals surface area contributed by atoms with Crippen molar-refractivity contribution in [2.75, 3.05) is 5.32 Å². The van der Waals surface area contributed by atoms with Crippen LogP contribution in [0.2, 0.25) is 0 Å². The largest absolute Gasteiger partial charge is 0.351 e. The molecule has 0 aliphatic carbocycles. The van der Waals surface area contributed by atoms with Gasteiger partial charge in [-0.05, 0) is 52.4 Å². The Hall–Kier alpha value is -3.70. The van der Waals surface area contributed by atoms with Gasteiger partial charge in [0.05, 0.1) is 13.0 Å². The van der Waals surface area contributed by atoms with Gasteiger partial charge >= 0.3 is 0 Å². The van der Waals surface area contributed by atoms with E-state index >= 15 is 0 Å². The van der Waals surface area contributed by atoms with E-state index in [0.29, 0.717) is 24.2 Å². The molecule has 2 amide bonds. The molecule has 0 saturated heterocycles. The number of hydrogen-bond donors (Lipinski definition) is 2. The summed E-state index contributed by atoms with van der Waals surface area (Å²) in [5.74, 6) is -0.190. The minimum Gasteiger partial charge on any atom is -0.351 e. The van der Waals surface area contributed by atoms with Crippen LogP contribution in [0, 0.1) is 0 Å². The number of thiophene rings is 1. The molecule has 0 saturated carbocycles. The average molecular weight is 427 g/mol. The highest BCUT2D eigenvalue weighted by Crippen LogP contribution is 2.20. The number of rotatable bonds is 7. The van der Waals surface area contributed by atoms with E-state index in [1.807, 2.05) is 96.4 Å².